The van der Waals surface area contributed by atoms with Crippen molar-refractivity contribution in [1.29, 1.82) is 5.26 Å². The Morgan fingerprint density at radius 3 is 2.23 bits per heavy atom. The van der Waals surface area contributed by atoms with E-state index >= 15 is 0 Å². The predicted octanol–water partition coefficient (Wildman–Crippen LogP) is 2.88. The fraction of sp³-hybridized carbons (Fsp3) is 0.875. The molecule has 0 fully saturated rings. The molecule has 22 heavy (non-hydrogen) atoms. The highest BCUT2D eigenvalue weighted by atomic mass is 32.1. The number of methoxy groups -OCH3 is 1. The molecular formula is C16H30NO3SSi. The van der Waals surface area contributed by atoms with Gasteiger partial charge in [0.15, 0.2) is 0 Å². The molecule has 2 unspecified atom stereocenters. The molecule has 0 rings (SSSR count). The molecule has 0 aliphatic rings. The molecule has 0 aromatic heterocycles. The van der Waals surface area contributed by atoms with Crippen LogP contribution in [0, 0.1) is 11.3 Å². The summed E-state index contributed by atoms with van der Waals surface area (Å²) < 4.78 is 4.26. The van der Waals surface area contributed by atoms with Gasteiger partial charge in [-0.15, -0.1) is 0 Å². The van der Waals surface area contributed by atoms with Gasteiger partial charge in [0, 0.05) is 7.11 Å². The SMILES string of the molecule is CCCCCCCCCC(S)(C#N)[Si]=C(O)C(C)(CO)OC. The smallest absolute Gasteiger partial charge is 0.139 e. The Labute approximate surface area is 142 Å². The number of hydrogen-bond acceptors (Lipinski definition) is 5. The highest BCUT2D eigenvalue weighted by Crippen LogP contribution is 2.21. The van der Waals surface area contributed by atoms with Crippen molar-refractivity contribution in [3.05, 3.63) is 0 Å². The number of thiol groups is 1. The monoisotopic (exact) mass is 344 g/mol. The molecule has 1 radical (unpaired) electrons. The van der Waals surface area contributed by atoms with E-state index in [0.29, 0.717) is 6.42 Å². The highest BCUT2D eigenvalue weighted by Gasteiger charge is 2.32. The van der Waals surface area contributed by atoms with Crippen molar-refractivity contribution >= 4 is 27.1 Å². The minimum Gasteiger partial charge on any atom is -0.515 e. The summed E-state index contributed by atoms with van der Waals surface area (Å²) in [5.74, 6) is 0. The molecule has 0 aromatic carbocycles. The van der Waals surface area contributed by atoms with Gasteiger partial charge in [-0.1, -0.05) is 51.9 Å². The van der Waals surface area contributed by atoms with Crippen LogP contribution in [0.2, 0.25) is 0 Å². The molecule has 0 spiro atoms. The lowest BCUT2D eigenvalue weighted by Crippen LogP contribution is -2.45. The molecule has 2 atom stereocenters. The molecule has 0 saturated carbocycles. The van der Waals surface area contributed by atoms with Crippen LogP contribution < -0.4 is 0 Å². The second-order valence-electron chi connectivity index (χ2n) is 5.91. The first-order chi connectivity index (χ1) is 10.4. The average Bonchev–Trinajstić information content (AvgIpc) is 2.53. The number of rotatable bonds is 12. The number of hydrogen-bond donors (Lipinski definition) is 3. The lowest BCUT2D eigenvalue weighted by molar-refractivity contribution is 0.00636. The van der Waals surface area contributed by atoms with Gasteiger partial charge in [0.1, 0.15) is 24.5 Å². The Kier molecular flexibility index (Phi) is 11.0. The van der Waals surface area contributed by atoms with Gasteiger partial charge in [-0.3, -0.25) is 0 Å². The molecule has 0 aliphatic carbocycles. The zero-order valence-corrected chi connectivity index (χ0v) is 16.0. The van der Waals surface area contributed by atoms with Gasteiger partial charge in [0.25, 0.3) is 0 Å². The first-order valence-electron chi connectivity index (χ1n) is 8.01. The molecule has 0 heterocycles. The van der Waals surface area contributed by atoms with Crippen molar-refractivity contribution in [1.82, 2.24) is 0 Å². The first-order valence-corrected chi connectivity index (χ1v) is 9.46. The summed E-state index contributed by atoms with van der Waals surface area (Å²) in [5.41, 5.74) is -1.12. The van der Waals surface area contributed by atoms with Gasteiger partial charge >= 0.3 is 0 Å². The molecule has 2 N–H and O–H groups in total. The van der Waals surface area contributed by atoms with Crippen LogP contribution in [-0.2, 0) is 4.74 Å². The van der Waals surface area contributed by atoms with Crippen molar-refractivity contribution in [3.63, 3.8) is 0 Å². The van der Waals surface area contributed by atoms with E-state index in [9.17, 15) is 15.5 Å². The van der Waals surface area contributed by atoms with E-state index in [4.69, 9.17) is 4.74 Å². The van der Waals surface area contributed by atoms with Gasteiger partial charge in [0.2, 0.25) is 0 Å². The van der Waals surface area contributed by atoms with E-state index in [1.165, 1.54) is 39.2 Å². The Bertz CT molecular complexity index is 380. The van der Waals surface area contributed by atoms with Crippen LogP contribution in [0.15, 0.2) is 0 Å². The van der Waals surface area contributed by atoms with Crippen molar-refractivity contribution < 1.29 is 14.9 Å². The first kappa shape index (κ1) is 21.6. The van der Waals surface area contributed by atoms with Crippen LogP contribution >= 0.6 is 12.6 Å². The highest BCUT2D eigenvalue weighted by molar-refractivity contribution is 7.83. The van der Waals surface area contributed by atoms with Gasteiger partial charge in [-0.2, -0.15) is 17.9 Å². The molecule has 0 bridgehead atoms. The van der Waals surface area contributed by atoms with Gasteiger partial charge in [-0.25, -0.2) is 0 Å². The van der Waals surface area contributed by atoms with Crippen LogP contribution in [-0.4, -0.2) is 48.4 Å². The van der Waals surface area contributed by atoms with Crippen LogP contribution in [0.25, 0.3) is 0 Å². The Hall–Kier alpha value is -0.353. The summed E-state index contributed by atoms with van der Waals surface area (Å²) in [7, 11) is 1.25. The number of aliphatic hydroxyl groups is 2. The van der Waals surface area contributed by atoms with Crippen LogP contribution in [0.3, 0.4) is 0 Å². The maximum atomic E-state index is 10.2. The number of nitrogens with zero attached hydrogens (tertiary/aromatic N) is 1. The standard InChI is InChI=1S/C16H30NO3SSi/c1-4-5-6-7-8-9-10-11-16(21,12-17)22-14(19)15(2,13-18)20-3/h18-19,21H,4-11,13H2,1-3H3. The Morgan fingerprint density at radius 2 is 1.77 bits per heavy atom. The van der Waals surface area contributed by atoms with Crippen LogP contribution in [0.5, 0.6) is 0 Å². The third-order valence-electron chi connectivity index (χ3n) is 3.91. The summed E-state index contributed by atoms with van der Waals surface area (Å²) in [6.07, 6.45) is 8.87. The van der Waals surface area contributed by atoms with Crippen LogP contribution in [0.4, 0.5) is 0 Å². The molecule has 0 aliphatic heterocycles. The van der Waals surface area contributed by atoms with Crippen molar-refractivity contribution in [3.8, 4) is 6.07 Å². The Balaban J connectivity index is 4.44. The lowest BCUT2D eigenvalue weighted by Gasteiger charge is -2.27. The minimum atomic E-state index is -1.12. The molecule has 4 nitrogen and oxygen atoms in total. The predicted molar refractivity (Wildman–Crippen MR) is 95.1 cm³/mol. The van der Waals surface area contributed by atoms with Gasteiger partial charge in [0.05, 0.1) is 12.7 Å². The summed E-state index contributed by atoms with van der Waals surface area (Å²) in [4.78, 5) is 0. The molecule has 6 heteroatoms. The van der Waals surface area contributed by atoms with Crippen LogP contribution in [0.1, 0.15) is 65.2 Å². The zero-order valence-electron chi connectivity index (χ0n) is 14.1. The maximum absolute atomic E-state index is 10.2. The number of nitriles is 1. The van der Waals surface area contributed by atoms with E-state index in [2.05, 4.69) is 25.6 Å². The zero-order chi connectivity index (χ0) is 17.1. The normalized spacial score (nSPS) is 17.5. The third-order valence-corrected chi connectivity index (χ3v) is 6.11. The third kappa shape index (κ3) is 7.77. The van der Waals surface area contributed by atoms with Crippen molar-refractivity contribution in [2.75, 3.05) is 13.7 Å². The van der Waals surface area contributed by atoms with Crippen molar-refractivity contribution in [2.24, 2.45) is 0 Å². The summed E-state index contributed by atoms with van der Waals surface area (Å²) in [6.45, 7) is 3.48. The van der Waals surface area contributed by atoms with E-state index in [1.54, 1.807) is 6.92 Å². The summed E-state index contributed by atoms with van der Waals surface area (Å²) in [6, 6.07) is 2.20. The van der Waals surface area contributed by atoms with Gasteiger partial charge < -0.3 is 14.9 Å². The van der Waals surface area contributed by atoms with E-state index in [0.717, 1.165) is 12.8 Å². The minimum absolute atomic E-state index is 0.00278. The molecule has 0 amide bonds. The van der Waals surface area contributed by atoms with Gasteiger partial charge in [-0.05, 0) is 13.3 Å². The largest absolute Gasteiger partial charge is 0.515 e. The molecule has 127 valence electrons. The number of aliphatic hydroxyl groups excluding tert-OH is 2. The molecule has 0 aromatic rings. The average molecular weight is 345 g/mol. The number of unbranched alkanes of at least 4 members (excludes halogenated alkanes) is 6. The maximum Gasteiger partial charge on any atom is 0.139 e. The quantitative estimate of drug-likeness (QED) is 0.289. The van der Waals surface area contributed by atoms with Crippen molar-refractivity contribution in [2.45, 2.75) is 75.2 Å². The number of ether oxygens (including phenoxy) is 1. The van der Waals surface area contributed by atoms with E-state index in [1.807, 2.05) is 0 Å². The fourth-order valence-corrected chi connectivity index (χ4v) is 3.72. The Morgan fingerprint density at radius 1 is 1.23 bits per heavy atom. The second-order valence-corrected chi connectivity index (χ2v) is 8.67. The second kappa shape index (κ2) is 11.2. The molecular weight excluding hydrogens is 314 g/mol. The lowest BCUT2D eigenvalue weighted by atomic mass is 10.1. The molecule has 0 saturated heterocycles. The van der Waals surface area contributed by atoms with E-state index in [-0.39, 0.29) is 21.1 Å². The fourth-order valence-electron chi connectivity index (χ4n) is 2.05. The summed E-state index contributed by atoms with van der Waals surface area (Å²) in [5, 5.41) is 28.9. The topological polar surface area (TPSA) is 73.5 Å². The summed E-state index contributed by atoms with van der Waals surface area (Å²) >= 11 is 4.46. The van der Waals surface area contributed by atoms with E-state index < -0.39 is 9.97 Å².